The number of aliphatic imine (C=N–C) groups is 1. The maximum atomic E-state index is 12.2. The second-order valence-corrected chi connectivity index (χ2v) is 5.40. The van der Waals surface area contributed by atoms with E-state index in [4.69, 9.17) is 0 Å². The van der Waals surface area contributed by atoms with Crippen LogP contribution < -0.4 is 10.5 Å². The minimum Gasteiger partial charge on any atom is -0.329 e. The molecule has 0 aliphatic heterocycles. The summed E-state index contributed by atoms with van der Waals surface area (Å²) < 4.78 is 1.64. The van der Waals surface area contributed by atoms with Gasteiger partial charge in [-0.3, -0.25) is 14.4 Å². The van der Waals surface area contributed by atoms with E-state index in [-0.39, 0.29) is 5.56 Å². The summed E-state index contributed by atoms with van der Waals surface area (Å²) in [6.45, 7) is 0. The quantitative estimate of drug-likeness (QED) is 0.549. The fraction of sp³-hybridized carbons (Fsp3) is 0.100. The van der Waals surface area contributed by atoms with Gasteiger partial charge in [0.1, 0.15) is 5.84 Å². The van der Waals surface area contributed by atoms with Crippen molar-refractivity contribution in [1.29, 1.82) is 0 Å². The lowest BCUT2D eigenvalue weighted by molar-refractivity contribution is 0.984. The smallest absolute Gasteiger partial charge is 0.255 e. The van der Waals surface area contributed by atoms with Crippen LogP contribution in [0.4, 0.5) is 5.69 Å². The molecule has 2 aromatic carbocycles. The SMILES string of the molecule is CN=C(c1ccc(=O)n(-c2ccccc2)c1)N(C)c1ccccc1. The third kappa shape index (κ3) is 3.13. The summed E-state index contributed by atoms with van der Waals surface area (Å²) in [4.78, 5) is 18.7. The van der Waals surface area contributed by atoms with E-state index in [1.165, 1.54) is 0 Å². The molecule has 120 valence electrons. The Hall–Kier alpha value is -3.14. The van der Waals surface area contributed by atoms with Gasteiger partial charge in [0, 0.05) is 43.3 Å². The zero-order chi connectivity index (χ0) is 16.9. The van der Waals surface area contributed by atoms with Gasteiger partial charge >= 0.3 is 0 Å². The highest BCUT2D eigenvalue weighted by molar-refractivity contribution is 6.09. The molecule has 0 N–H and O–H groups in total. The maximum absolute atomic E-state index is 12.2. The lowest BCUT2D eigenvalue weighted by Crippen LogP contribution is -2.29. The number of anilines is 1. The first-order valence-corrected chi connectivity index (χ1v) is 7.75. The molecule has 0 spiro atoms. The molecule has 4 heteroatoms. The van der Waals surface area contributed by atoms with Crippen molar-refractivity contribution in [3.63, 3.8) is 0 Å². The highest BCUT2D eigenvalue weighted by Crippen LogP contribution is 2.16. The Kier molecular flexibility index (Phi) is 4.57. The molecule has 1 aromatic heterocycles. The minimum atomic E-state index is -0.0669. The van der Waals surface area contributed by atoms with Crippen LogP contribution in [0.2, 0.25) is 0 Å². The number of hydrogen-bond donors (Lipinski definition) is 0. The van der Waals surface area contributed by atoms with E-state index >= 15 is 0 Å². The van der Waals surface area contributed by atoms with Gasteiger partial charge in [-0.1, -0.05) is 36.4 Å². The number of hydrogen-bond acceptors (Lipinski definition) is 2. The van der Waals surface area contributed by atoms with E-state index < -0.39 is 0 Å². The summed E-state index contributed by atoms with van der Waals surface area (Å²) in [5.74, 6) is 0.797. The Morgan fingerprint density at radius 3 is 2.17 bits per heavy atom. The number of para-hydroxylation sites is 2. The van der Waals surface area contributed by atoms with E-state index in [1.807, 2.05) is 84.9 Å². The van der Waals surface area contributed by atoms with Gasteiger partial charge in [-0.05, 0) is 30.3 Å². The fourth-order valence-corrected chi connectivity index (χ4v) is 2.66. The molecule has 0 atom stereocenters. The average molecular weight is 317 g/mol. The molecule has 0 radical (unpaired) electrons. The molecule has 3 rings (SSSR count). The van der Waals surface area contributed by atoms with E-state index in [2.05, 4.69) is 4.99 Å². The van der Waals surface area contributed by atoms with Crippen LogP contribution in [0.3, 0.4) is 0 Å². The first kappa shape index (κ1) is 15.7. The largest absolute Gasteiger partial charge is 0.329 e. The molecule has 1 heterocycles. The third-order valence-corrected chi connectivity index (χ3v) is 3.88. The lowest BCUT2D eigenvalue weighted by atomic mass is 10.2. The zero-order valence-corrected chi connectivity index (χ0v) is 13.8. The fourth-order valence-electron chi connectivity index (χ4n) is 2.66. The zero-order valence-electron chi connectivity index (χ0n) is 13.8. The molecule has 0 bridgehead atoms. The molecule has 0 unspecified atom stereocenters. The standard InChI is InChI=1S/C20H19N3O/c1-21-20(22(2)17-9-5-3-6-10-17)16-13-14-19(24)23(15-16)18-11-7-4-8-12-18/h3-15H,1-2H3. The van der Waals surface area contributed by atoms with Crippen LogP contribution in [-0.2, 0) is 0 Å². The molecule has 0 aliphatic carbocycles. The molecule has 4 nitrogen and oxygen atoms in total. The van der Waals surface area contributed by atoms with Crippen molar-refractivity contribution < 1.29 is 0 Å². The van der Waals surface area contributed by atoms with Gasteiger partial charge in [-0.25, -0.2) is 0 Å². The average Bonchev–Trinajstić information content (AvgIpc) is 2.65. The minimum absolute atomic E-state index is 0.0669. The molecule has 0 saturated heterocycles. The topological polar surface area (TPSA) is 37.6 Å². The van der Waals surface area contributed by atoms with Crippen LogP contribution in [0.5, 0.6) is 0 Å². The summed E-state index contributed by atoms with van der Waals surface area (Å²) in [6.07, 6.45) is 1.83. The van der Waals surface area contributed by atoms with Crippen LogP contribution in [0, 0.1) is 0 Å². The molecular formula is C20H19N3O. The molecule has 0 saturated carbocycles. The van der Waals surface area contributed by atoms with Crippen LogP contribution in [-0.4, -0.2) is 24.5 Å². The van der Waals surface area contributed by atoms with E-state index in [9.17, 15) is 4.79 Å². The Bertz CT molecular complexity index is 899. The van der Waals surface area contributed by atoms with E-state index in [0.717, 1.165) is 22.8 Å². The van der Waals surface area contributed by atoms with Crippen molar-refractivity contribution in [2.75, 3.05) is 19.0 Å². The van der Waals surface area contributed by atoms with Gasteiger partial charge in [0.25, 0.3) is 5.56 Å². The highest BCUT2D eigenvalue weighted by Gasteiger charge is 2.12. The third-order valence-electron chi connectivity index (χ3n) is 3.88. The van der Waals surface area contributed by atoms with Gasteiger partial charge in [0.15, 0.2) is 0 Å². The van der Waals surface area contributed by atoms with Crippen LogP contribution in [0.15, 0.2) is 88.8 Å². The highest BCUT2D eigenvalue weighted by atomic mass is 16.1. The van der Waals surface area contributed by atoms with Crippen LogP contribution in [0.1, 0.15) is 5.56 Å². The first-order chi connectivity index (χ1) is 11.7. The predicted octanol–water partition coefficient (Wildman–Crippen LogP) is 3.35. The molecule has 0 amide bonds. The number of amidine groups is 1. The van der Waals surface area contributed by atoms with Gasteiger partial charge in [-0.15, -0.1) is 0 Å². The summed E-state index contributed by atoms with van der Waals surface area (Å²) in [5.41, 5.74) is 2.69. The summed E-state index contributed by atoms with van der Waals surface area (Å²) in [7, 11) is 3.72. The molecule has 0 fully saturated rings. The normalized spacial score (nSPS) is 11.3. The second-order valence-electron chi connectivity index (χ2n) is 5.40. The Morgan fingerprint density at radius 1 is 0.917 bits per heavy atom. The van der Waals surface area contributed by atoms with E-state index in [0.29, 0.717) is 0 Å². The van der Waals surface area contributed by atoms with Gasteiger partial charge in [-0.2, -0.15) is 0 Å². The van der Waals surface area contributed by atoms with Crippen molar-refractivity contribution >= 4 is 11.5 Å². The van der Waals surface area contributed by atoms with Crippen LogP contribution >= 0.6 is 0 Å². The Morgan fingerprint density at radius 2 is 1.54 bits per heavy atom. The van der Waals surface area contributed by atoms with E-state index in [1.54, 1.807) is 17.7 Å². The maximum Gasteiger partial charge on any atom is 0.255 e. The molecule has 0 aliphatic rings. The summed E-state index contributed by atoms with van der Waals surface area (Å²) in [6, 6.07) is 23.0. The number of nitrogens with zero attached hydrogens (tertiary/aromatic N) is 3. The van der Waals surface area contributed by atoms with Crippen molar-refractivity contribution in [2.45, 2.75) is 0 Å². The van der Waals surface area contributed by atoms with Crippen molar-refractivity contribution in [1.82, 2.24) is 4.57 Å². The Balaban J connectivity index is 2.04. The number of aromatic nitrogens is 1. The van der Waals surface area contributed by atoms with Crippen molar-refractivity contribution in [3.8, 4) is 5.69 Å². The van der Waals surface area contributed by atoms with Gasteiger partial charge in [0.05, 0.1) is 0 Å². The monoisotopic (exact) mass is 317 g/mol. The van der Waals surface area contributed by atoms with Gasteiger partial charge < -0.3 is 4.90 Å². The summed E-state index contributed by atoms with van der Waals surface area (Å²) in [5, 5.41) is 0. The first-order valence-electron chi connectivity index (χ1n) is 7.75. The predicted molar refractivity (Wildman–Crippen MR) is 99.3 cm³/mol. The van der Waals surface area contributed by atoms with Crippen LogP contribution in [0.25, 0.3) is 5.69 Å². The van der Waals surface area contributed by atoms with Crippen molar-refractivity contribution in [3.05, 3.63) is 94.9 Å². The number of pyridine rings is 1. The number of rotatable bonds is 3. The second kappa shape index (κ2) is 6.96. The molecular weight excluding hydrogens is 298 g/mol. The molecule has 3 aromatic rings. The lowest BCUT2D eigenvalue weighted by Gasteiger charge is -2.22. The molecule has 24 heavy (non-hydrogen) atoms. The van der Waals surface area contributed by atoms with Crippen molar-refractivity contribution in [2.24, 2.45) is 4.99 Å². The summed E-state index contributed by atoms with van der Waals surface area (Å²) >= 11 is 0. The Labute approximate surface area is 141 Å². The number of benzene rings is 2. The van der Waals surface area contributed by atoms with Gasteiger partial charge in [0.2, 0.25) is 0 Å².